The number of esters is 2. The van der Waals surface area contributed by atoms with Crippen LogP contribution in [0.15, 0.2) is 48.6 Å². The first-order valence-corrected chi connectivity index (χ1v) is 18.5. The molecule has 3 fully saturated rings. The number of aliphatic hydroxyl groups excluding tert-OH is 2. The van der Waals surface area contributed by atoms with Crippen molar-refractivity contribution in [3.63, 3.8) is 0 Å². The summed E-state index contributed by atoms with van der Waals surface area (Å²) in [4.78, 5) is 60.7. The summed E-state index contributed by atoms with van der Waals surface area (Å²) in [5.41, 5.74) is -3.44. The number of aliphatic hydroxyl groups is 2. The van der Waals surface area contributed by atoms with Gasteiger partial charge in [-0.2, -0.15) is 0 Å². The lowest BCUT2D eigenvalue weighted by Crippen LogP contribution is -2.67. The molecule has 0 saturated heterocycles. The summed E-state index contributed by atoms with van der Waals surface area (Å²) >= 11 is 0. The summed E-state index contributed by atoms with van der Waals surface area (Å²) in [5.74, 6) is -3.16. The van der Waals surface area contributed by atoms with E-state index in [1.807, 2.05) is 13.8 Å². The molecule has 4 aliphatic rings. The monoisotopic (exact) mass is 755 g/mol. The zero-order chi connectivity index (χ0) is 39.6. The number of rotatable bonds is 16. The predicted octanol–water partition coefficient (Wildman–Crippen LogP) is 5.40. The standard InChI is InChI=1S/C40H50FNO12/c1-6-35(47)52-14-15-53-36(48)8-7-13-51-33-19-31(42(49)50)28(17-25(33)21-43)24(3)54-34-20-38(4)30(16-23(2)37(38)32(46)22-44)29-10-9-26-18-27(45)11-12-39(26,5)40(29,34)41/h6,11-12,17-19,23-24,29-30,34,37,43-44H,1,7-10,13-16,20-22H2,2-5H3/t23-,24?,29+,30+,34+,37-,38+,39+,40+/m0/s1. The third kappa shape index (κ3) is 7.39. The van der Waals surface area contributed by atoms with Gasteiger partial charge in [0.25, 0.3) is 5.69 Å². The highest BCUT2D eigenvalue weighted by Crippen LogP contribution is 2.70. The smallest absolute Gasteiger partial charge is 0.330 e. The molecule has 9 atom stereocenters. The number of carbonyl (C=O) groups is 4. The summed E-state index contributed by atoms with van der Waals surface area (Å²) in [6, 6.07) is 2.57. The van der Waals surface area contributed by atoms with E-state index in [9.17, 15) is 39.5 Å². The van der Waals surface area contributed by atoms with Crippen LogP contribution < -0.4 is 4.74 Å². The molecule has 2 N–H and O–H groups in total. The largest absolute Gasteiger partial charge is 0.493 e. The third-order valence-electron chi connectivity index (χ3n) is 12.4. The predicted molar refractivity (Wildman–Crippen MR) is 192 cm³/mol. The van der Waals surface area contributed by atoms with Gasteiger partial charge in [-0.3, -0.25) is 24.5 Å². The number of allylic oxidation sites excluding steroid dienone is 4. The molecule has 1 aromatic carbocycles. The number of alkyl halides is 1. The molecular weight excluding hydrogens is 705 g/mol. The van der Waals surface area contributed by atoms with Gasteiger partial charge in [-0.05, 0) is 81.4 Å². The van der Waals surface area contributed by atoms with Crippen molar-refractivity contribution in [3.8, 4) is 5.75 Å². The number of fused-ring (bicyclic) bond motifs is 5. The first-order chi connectivity index (χ1) is 25.5. The molecule has 294 valence electrons. The van der Waals surface area contributed by atoms with Crippen molar-refractivity contribution in [1.29, 1.82) is 0 Å². The van der Waals surface area contributed by atoms with Crippen molar-refractivity contribution in [2.24, 2.45) is 34.5 Å². The molecule has 0 spiro atoms. The van der Waals surface area contributed by atoms with Crippen LogP contribution >= 0.6 is 0 Å². The number of carbonyl (C=O) groups excluding carboxylic acids is 4. The van der Waals surface area contributed by atoms with Crippen LogP contribution in [0.1, 0.15) is 83.5 Å². The number of benzene rings is 1. The van der Waals surface area contributed by atoms with E-state index < -0.39 is 70.6 Å². The van der Waals surface area contributed by atoms with Crippen LogP contribution in [0.3, 0.4) is 0 Å². The van der Waals surface area contributed by atoms with Gasteiger partial charge >= 0.3 is 11.9 Å². The topological polar surface area (TPSA) is 189 Å². The summed E-state index contributed by atoms with van der Waals surface area (Å²) in [6.45, 7) is 9.05. The summed E-state index contributed by atoms with van der Waals surface area (Å²) < 4.78 is 40.9. The van der Waals surface area contributed by atoms with Crippen molar-refractivity contribution in [3.05, 3.63) is 69.8 Å². The number of nitro benzene ring substituents is 1. The molecule has 3 saturated carbocycles. The quantitative estimate of drug-likeness (QED) is 0.0720. The highest BCUT2D eigenvalue weighted by Gasteiger charge is 2.72. The molecule has 0 aromatic heterocycles. The van der Waals surface area contributed by atoms with Crippen LogP contribution in [0, 0.1) is 44.6 Å². The minimum atomic E-state index is -2.06. The molecule has 0 amide bonds. The van der Waals surface area contributed by atoms with E-state index in [0.29, 0.717) is 24.8 Å². The molecule has 1 aromatic rings. The number of nitrogens with zero attached hydrogens (tertiary/aromatic N) is 1. The number of Topliss-reactive ketones (excluding diaryl/α,β-unsaturated/α-hetero) is 1. The summed E-state index contributed by atoms with van der Waals surface area (Å²) in [5, 5.41) is 32.7. The lowest BCUT2D eigenvalue weighted by Gasteiger charge is -2.63. The Kier molecular flexibility index (Phi) is 12.3. The zero-order valence-electron chi connectivity index (χ0n) is 31.2. The minimum absolute atomic E-state index is 0.0248. The first-order valence-electron chi connectivity index (χ1n) is 18.5. The molecule has 0 aliphatic heterocycles. The molecule has 0 bridgehead atoms. The van der Waals surface area contributed by atoms with Crippen LogP contribution in [0.5, 0.6) is 5.75 Å². The van der Waals surface area contributed by atoms with Crippen LogP contribution in [0.2, 0.25) is 0 Å². The van der Waals surface area contributed by atoms with E-state index in [1.165, 1.54) is 24.3 Å². The highest BCUT2D eigenvalue weighted by atomic mass is 19.1. The molecule has 14 heteroatoms. The fourth-order valence-corrected chi connectivity index (χ4v) is 9.99. The number of hydrogen-bond acceptors (Lipinski definition) is 12. The van der Waals surface area contributed by atoms with E-state index in [-0.39, 0.29) is 85.0 Å². The molecule has 0 radical (unpaired) electrons. The van der Waals surface area contributed by atoms with Gasteiger partial charge in [0.05, 0.1) is 42.0 Å². The van der Waals surface area contributed by atoms with E-state index >= 15 is 4.39 Å². The highest BCUT2D eigenvalue weighted by molar-refractivity contribution is 6.01. The number of nitro groups is 1. The van der Waals surface area contributed by atoms with E-state index in [4.69, 9.17) is 18.9 Å². The SMILES string of the molecule is C=CC(=O)OCCOC(=O)CCCOc1cc([N+](=O)[O-])c(C(C)O[C@@H]2C[C@]3(C)[C@H](C[C@H](C)[C@H]3C(=O)CO)[C@H]3CCC4=CC(=O)C=C[C@@]4(C)[C@@]32F)cc1CO. The normalized spacial score (nSPS) is 31.6. The van der Waals surface area contributed by atoms with Gasteiger partial charge in [0.2, 0.25) is 0 Å². The molecule has 1 unspecified atom stereocenters. The Morgan fingerprint density at radius 3 is 2.54 bits per heavy atom. The maximum atomic E-state index is 18.7. The van der Waals surface area contributed by atoms with Crippen LogP contribution in [0.4, 0.5) is 10.1 Å². The maximum absolute atomic E-state index is 18.7. The van der Waals surface area contributed by atoms with Crippen molar-refractivity contribution >= 4 is 29.2 Å². The van der Waals surface area contributed by atoms with Gasteiger partial charge < -0.3 is 29.2 Å². The van der Waals surface area contributed by atoms with Crippen LogP contribution in [-0.2, 0) is 40.0 Å². The van der Waals surface area contributed by atoms with Gasteiger partial charge in [-0.25, -0.2) is 9.18 Å². The Morgan fingerprint density at radius 2 is 1.87 bits per heavy atom. The Bertz CT molecular complexity index is 1740. The average Bonchev–Trinajstić information content (AvgIpc) is 3.40. The minimum Gasteiger partial charge on any atom is -0.493 e. The number of halogens is 1. The van der Waals surface area contributed by atoms with Crippen molar-refractivity contribution in [1.82, 2.24) is 0 Å². The molecule has 5 rings (SSSR count). The maximum Gasteiger partial charge on any atom is 0.330 e. The van der Waals surface area contributed by atoms with Gasteiger partial charge in [0.15, 0.2) is 17.2 Å². The Hall–Kier alpha value is -4.27. The number of ketones is 2. The Morgan fingerprint density at radius 1 is 1.15 bits per heavy atom. The zero-order valence-corrected chi connectivity index (χ0v) is 31.2. The lowest BCUT2D eigenvalue weighted by atomic mass is 9.45. The number of hydrogen-bond donors (Lipinski definition) is 2. The van der Waals surface area contributed by atoms with E-state index in [0.717, 1.165) is 6.08 Å². The first kappa shape index (κ1) is 40.9. The molecule has 4 aliphatic carbocycles. The van der Waals surface area contributed by atoms with Crippen LogP contribution in [-0.4, -0.2) is 76.8 Å². The summed E-state index contributed by atoms with van der Waals surface area (Å²) in [6.07, 6.45) is 4.96. The fourth-order valence-electron chi connectivity index (χ4n) is 9.99. The van der Waals surface area contributed by atoms with E-state index in [2.05, 4.69) is 6.58 Å². The number of ether oxygens (including phenoxy) is 4. The van der Waals surface area contributed by atoms with Gasteiger partial charge in [0, 0.05) is 35.3 Å². The van der Waals surface area contributed by atoms with Gasteiger partial charge in [-0.1, -0.05) is 32.1 Å². The second-order valence-electron chi connectivity index (χ2n) is 15.4. The molecular formula is C40H50FNO12. The van der Waals surface area contributed by atoms with Gasteiger partial charge in [-0.15, -0.1) is 0 Å². The summed E-state index contributed by atoms with van der Waals surface area (Å²) in [7, 11) is 0. The molecule has 54 heavy (non-hydrogen) atoms. The second kappa shape index (κ2) is 16.2. The average molecular weight is 756 g/mol. The Labute approximate surface area is 313 Å². The lowest BCUT2D eigenvalue weighted by molar-refractivity contribution is -0.386. The van der Waals surface area contributed by atoms with Crippen molar-refractivity contribution in [2.75, 3.05) is 26.4 Å². The van der Waals surface area contributed by atoms with E-state index in [1.54, 1.807) is 19.9 Å². The van der Waals surface area contributed by atoms with Crippen molar-refractivity contribution in [2.45, 2.75) is 90.7 Å². The van der Waals surface area contributed by atoms with Crippen LogP contribution in [0.25, 0.3) is 0 Å². The third-order valence-corrected chi connectivity index (χ3v) is 12.4. The molecule has 0 heterocycles. The fraction of sp³-hybridized carbons (Fsp3) is 0.600. The van der Waals surface area contributed by atoms with Crippen molar-refractivity contribution < 1.29 is 57.7 Å². The molecule has 13 nitrogen and oxygen atoms in total. The Balaban J connectivity index is 1.40. The van der Waals surface area contributed by atoms with Gasteiger partial charge in [0.1, 0.15) is 25.6 Å². The second-order valence-corrected chi connectivity index (χ2v) is 15.4.